The Labute approximate surface area is 315 Å². The summed E-state index contributed by atoms with van der Waals surface area (Å²) in [4.78, 5) is 37.0. The van der Waals surface area contributed by atoms with E-state index in [2.05, 4.69) is 23.0 Å². The molecule has 0 spiro atoms. The van der Waals surface area contributed by atoms with Crippen molar-refractivity contribution in [3.63, 3.8) is 0 Å². The molecule has 0 radical (unpaired) electrons. The molecule has 1 atom stereocenters. The first kappa shape index (κ1) is 45.0. The minimum atomic E-state index is -1.60. The van der Waals surface area contributed by atoms with Crippen LogP contribution in [0, 0.1) is 0 Å². The topological polar surface area (TPSA) is 258 Å². The van der Waals surface area contributed by atoms with Gasteiger partial charge in [-0.2, -0.15) is 0 Å². The van der Waals surface area contributed by atoms with Gasteiger partial charge in [-0.15, -0.1) is 0 Å². The summed E-state index contributed by atoms with van der Waals surface area (Å²) in [5.74, 6) is -4.97. The van der Waals surface area contributed by atoms with Crippen molar-refractivity contribution in [3.8, 4) is 23.0 Å². The molecule has 1 aromatic heterocycles. The fraction of sp³-hybridized carbons (Fsp3) is 0.158. The molecule has 280 valence electrons. The summed E-state index contributed by atoms with van der Waals surface area (Å²) in [6.07, 6.45) is 4.81. The number of phenols is 4. The van der Waals surface area contributed by atoms with Crippen LogP contribution in [-0.4, -0.2) is 72.0 Å². The molecule has 1 fully saturated rings. The van der Waals surface area contributed by atoms with E-state index in [-0.39, 0.29) is 62.0 Å². The van der Waals surface area contributed by atoms with E-state index < -0.39 is 24.2 Å². The molecule has 15 heteroatoms. The minimum Gasteiger partial charge on any atom is -0.545 e. The molecule has 0 saturated carbocycles. The van der Waals surface area contributed by atoms with Crippen LogP contribution in [0.15, 0.2) is 122 Å². The van der Waals surface area contributed by atoms with Gasteiger partial charge in [0.2, 0.25) is 0 Å². The van der Waals surface area contributed by atoms with E-state index in [9.17, 15) is 29.7 Å². The monoisotopic (exact) mass is 772 g/mol. The normalized spacial score (nSPS) is 12.7. The number of aliphatic hydroxyl groups excluding tert-OH is 1. The number of aromatic hydroxyl groups is 4. The maximum Gasteiger partial charge on any atom is 3.00 e. The number of phenolic OH excluding ortho intramolecular Hbond substituents is 1. The third kappa shape index (κ3) is 15.4. The van der Waals surface area contributed by atoms with Gasteiger partial charge in [0, 0.05) is 40.7 Å². The van der Waals surface area contributed by atoms with Crippen molar-refractivity contribution in [2.75, 3.05) is 13.6 Å². The summed E-state index contributed by atoms with van der Waals surface area (Å²) in [5.41, 5.74) is 0.951. The number of carbonyl (C=O) groups is 3. The fourth-order valence-electron chi connectivity index (χ4n) is 4.55. The van der Waals surface area contributed by atoms with Gasteiger partial charge in [0.25, 0.3) is 0 Å². The van der Waals surface area contributed by atoms with Crippen molar-refractivity contribution in [3.05, 3.63) is 149 Å². The smallest absolute Gasteiger partial charge is 0.545 e. The summed E-state index contributed by atoms with van der Waals surface area (Å²) in [5, 5.41) is 83.2. The summed E-state index contributed by atoms with van der Waals surface area (Å²) < 4.78 is 0. The third-order valence-electron chi connectivity index (χ3n) is 7.18. The van der Waals surface area contributed by atoms with E-state index in [1.165, 1.54) is 91.7 Å². The number of benzene rings is 4. The van der Waals surface area contributed by atoms with Crippen LogP contribution in [0.3, 0.4) is 0 Å². The van der Waals surface area contributed by atoms with Crippen LogP contribution in [0.5, 0.6) is 23.0 Å². The second-order valence-electron chi connectivity index (χ2n) is 10.8. The molecule has 0 amide bonds. The van der Waals surface area contributed by atoms with Crippen molar-refractivity contribution in [1.82, 2.24) is 9.88 Å². The Kier molecular flexibility index (Phi) is 20.0. The first-order chi connectivity index (χ1) is 24.7. The number of aliphatic hydroxyl groups is 2. The number of nitrogens with zero attached hydrogens (tertiary/aromatic N) is 2. The molecular formula is C38H37CoN2O12. The average molecular weight is 773 g/mol. The number of para-hydroxylation sites is 4. The molecule has 1 saturated heterocycles. The summed E-state index contributed by atoms with van der Waals surface area (Å²) in [6, 6.07) is 27.8. The Balaban J connectivity index is 0.000000331. The predicted molar refractivity (Wildman–Crippen MR) is 181 cm³/mol. The van der Waals surface area contributed by atoms with E-state index in [0.29, 0.717) is 6.04 Å². The number of carboxylic acids is 3. The molecule has 14 nitrogen and oxygen atoms in total. The first-order valence-electron chi connectivity index (χ1n) is 15.5. The molecule has 6 rings (SSSR count). The Morgan fingerprint density at radius 1 is 0.642 bits per heavy atom. The summed E-state index contributed by atoms with van der Waals surface area (Å²) >= 11 is 0. The van der Waals surface area contributed by atoms with Crippen LogP contribution in [0.25, 0.3) is 0 Å². The molecule has 0 bridgehead atoms. The molecule has 0 aliphatic carbocycles. The minimum absolute atomic E-state index is 0. The molecule has 1 aliphatic heterocycles. The SMILES string of the molecule is CN1CCCC1c1cccnc1.O=C([O-])c1ccccc1O.O=C([O-])c1ccccc1O.O=C([O-])c1ccccc1O.Oc1ccccc1C(O)O.[Co+3]. The quantitative estimate of drug-likeness (QED) is 0.138. The van der Waals surface area contributed by atoms with Crippen molar-refractivity contribution >= 4 is 17.9 Å². The van der Waals surface area contributed by atoms with E-state index in [0.717, 1.165) is 0 Å². The largest absolute Gasteiger partial charge is 3.00 e. The number of aromatic nitrogens is 1. The fourth-order valence-corrected chi connectivity index (χ4v) is 4.55. The molecule has 2 heterocycles. The number of hydrogen-bond acceptors (Lipinski definition) is 14. The standard InChI is InChI=1S/C10H14N2.C7H8O3.3C7H6O3.Co/c1-12-7-3-5-10(12)9-4-2-6-11-8-9;4*8-6-4-2-1-3-5(6)7(9)10;/h2,4,6,8,10H,3,5,7H2,1H3;1-4,7-10H;3*1-4,8H,(H,9,10);/q;;;;;+3/p-3. The molecule has 53 heavy (non-hydrogen) atoms. The number of rotatable bonds is 5. The van der Waals surface area contributed by atoms with E-state index in [1.807, 2.05) is 18.5 Å². The summed E-state index contributed by atoms with van der Waals surface area (Å²) in [6.45, 7) is 1.22. The Morgan fingerprint density at radius 3 is 1.30 bits per heavy atom. The Bertz CT molecular complexity index is 1740. The van der Waals surface area contributed by atoms with Gasteiger partial charge in [0.15, 0.2) is 6.29 Å². The van der Waals surface area contributed by atoms with Gasteiger partial charge < -0.3 is 60.3 Å². The van der Waals surface area contributed by atoms with Crippen LogP contribution in [0.2, 0.25) is 0 Å². The van der Waals surface area contributed by atoms with Crippen molar-refractivity contribution in [2.24, 2.45) is 0 Å². The number of aromatic carboxylic acids is 3. The van der Waals surface area contributed by atoms with Crippen molar-refractivity contribution < 1.29 is 77.1 Å². The van der Waals surface area contributed by atoms with Gasteiger partial charge in [-0.3, -0.25) is 9.88 Å². The summed E-state index contributed by atoms with van der Waals surface area (Å²) in [7, 11) is 2.19. The van der Waals surface area contributed by atoms with Crippen molar-refractivity contribution in [1.29, 1.82) is 0 Å². The van der Waals surface area contributed by atoms with Crippen LogP contribution in [0.1, 0.15) is 67.4 Å². The zero-order chi connectivity index (χ0) is 38.6. The zero-order valence-electron chi connectivity index (χ0n) is 28.2. The number of carboxylic acid groups (broad SMARTS) is 3. The third-order valence-corrected chi connectivity index (χ3v) is 7.18. The first-order valence-corrected chi connectivity index (χ1v) is 15.5. The molecule has 4 aromatic carbocycles. The van der Waals surface area contributed by atoms with Crippen LogP contribution < -0.4 is 15.3 Å². The van der Waals surface area contributed by atoms with E-state index in [1.54, 1.807) is 30.3 Å². The van der Waals surface area contributed by atoms with Crippen molar-refractivity contribution in [2.45, 2.75) is 25.2 Å². The number of hydrogen-bond donors (Lipinski definition) is 6. The van der Waals surface area contributed by atoms with Crippen LogP contribution in [0.4, 0.5) is 0 Å². The molecular weight excluding hydrogens is 735 g/mol. The zero-order valence-corrected chi connectivity index (χ0v) is 29.2. The average Bonchev–Trinajstić information content (AvgIpc) is 3.56. The number of likely N-dealkylation sites (tertiary alicyclic amines) is 1. The predicted octanol–water partition coefficient (Wildman–Crippen LogP) is 1.49. The second-order valence-corrected chi connectivity index (χ2v) is 10.8. The number of pyridine rings is 1. The maximum atomic E-state index is 10.2. The maximum absolute atomic E-state index is 10.2. The van der Waals surface area contributed by atoms with Crippen LogP contribution >= 0.6 is 0 Å². The molecule has 6 N–H and O–H groups in total. The molecule has 5 aromatic rings. The van der Waals surface area contributed by atoms with Gasteiger partial charge in [-0.25, -0.2) is 0 Å². The van der Waals surface area contributed by atoms with Gasteiger partial charge in [-0.1, -0.05) is 60.7 Å². The van der Waals surface area contributed by atoms with Crippen LogP contribution in [-0.2, 0) is 16.8 Å². The Hall–Kier alpha value is -5.97. The Morgan fingerprint density at radius 2 is 1.04 bits per heavy atom. The van der Waals surface area contributed by atoms with Gasteiger partial charge >= 0.3 is 16.8 Å². The van der Waals surface area contributed by atoms with E-state index >= 15 is 0 Å². The van der Waals surface area contributed by atoms with Gasteiger partial charge in [0.1, 0.15) is 23.0 Å². The van der Waals surface area contributed by atoms with Gasteiger partial charge in [0.05, 0.1) is 17.9 Å². The molecule has 1 unspecified atom stereocenters. The molecule has 1 aliphatic rings. The van der Waals surface area contributed by atoms with E-state index in [4.69, 9.17) is 30.6 Å². The van der Waals surface area contributed by atoms with Gasteiger partial charge in [-0.05, 0) is 80.5 Å². The second kappa shape index (κ2) is 23.5. The number of carbonyl (C=O) groups excluding carboxylic acids is 3.